The van der Waals surface area contributed by atoms with Gasteiger partial charge < -0.3 is 5.32 Å². The Labute approximate surface area is 104 Å². The Balaban J connectivity index is 2.24. The topological polar surface area (TPSA) is 12.0 Å². The lowest BCUT2D eigenvalue weighted by Gasteiger charge is -2.19. The van der Waals surface area contributed by atoms with Crippen LogP contribution in [-0.2, 0) is 0 Å². The van der Waals surface area contributed by atoms with Gasteiger partial charge in [0.25, 0.3) is 0 Å². The van der Waals surface area contributed by atoms with Crippen molar-refractivity contribution >= 4 is 22.6 Å². The van der Waals surface area contributed by atoms with E-state index in [-0.39, 0.29) is 5.82 Å². The van der Waals surface area contributed by atoms with Gasteiger partial charge in [-0.25, -0.2) is 4.39 Å². The lowest BCUT2D eigenvalue weighted by atomic mass is 10.0. The first-order valence-corrected chi connectivity index (χ1v) is 6.48. The standard InChI is InChI=1S/C12H15FIN/c1-2-15-12(8-3-4-8)10-6-5-9(13)7-11(10)14/h5-8,12,15H,2-4H2,1H3. The molecule has 1 unspecified atom stereocenters. The molecule has 3 heteroatoms. The maximum Gasteiger partial charge on any atom is 0.124 e. The average molecular weight is 319 g/mol. The summed E-state index contributed by atoms with van der Waals surface area (Å²) in [6, 6.07) is 5.51. The van der Waals surface area contributed by atoms with E-state index in [4.69, 9.17) is 0 Å². The minimum absolute atomic E-state index is 0.144. The normalized spacial score (nSPS) is 17.8. The highest BCUT2D eigenvalue weighted by Crippen LogP contribution is 2.42. The molecule has 1 aromatic carbocycles. The molecule has 0 spiro atoms. The third-order valence-electron chi connectivity index (χ3n) is 2.82. The quantitative estimate of drug-likeness (QED) is 0.838. The average Bonchev–Trinajstić information content (AvgIpc) is 2.98. The summed E-state index contributed by atoms with van der Waals surface area (Å²) < 4.78 is 14.0. The number of nitrogens with one attached hydrogen (secondary N) is 1. The van der Waals surface area contributed by atoms with Crippen LogP contribution < -0.4 is 5.32 Å². The molecule has 1 aromatic rings. The van der Waals surface area contributed by atoms with Crippen LogP contribution in [0, 0.1) is 15.3 Å². The molecule has 1 atom stereocenters. The van der Waals surface area contributed by atoms with E-state index in [0.717, 1.165) is 16.0 Å². The highest BCUT2D eigenvalue weighted by Gasteiger charge is 2.32. The Bertz CT molecular complexity index is 349. The first-order valence-electron chi connectivity index (χ1n) is 5.40. The third kappa shape index (κ3) is 2.69. The molecule has 0 radical (unpaired) electrons. The maximum atomic E-state index is 13.0. The summed E-state index contributed by atoms with van der Waals surface area (Å²) in [6.45, 7) is 3.08. The Morgan fingerprint density at radius 1 is 1.53 bits per heavy atom. The van der Waals surface area contributed by atoms with Crippen molar-refractivity contribution in [3.05, 3.63) is 33.1 Å². The first-order chi connectivity index (χ1) is 7.22. The fourth-order valence-electron chi connectivity index (χ4n) is 1.93. The smallest absolute Gasteiger partial charge is 0.124 e. The van der Waals surface area contributed by atoms with Gasteiger partial charge in [-0.1, -0.05) is 13.0 Å². The summed E-state index contributed by atoms with van der Waals surface area (Å²) >= 11 is 2.22. The van der Waals surface area contributed by atoms with E-state index in [1.807, 2.05) is 6.07 Å². The van der Waals surface area contributed by atoms with Crippen molar-refractivity contribution in [2.75, 3.05) is 6.54 Å². The van der Waals surface area contributed by atoms with E-state index in [9.17, 15) is 4.39 Å². The summed E-state index contributed by atoms with van der Waals surface area (Å²) in [6.07, 6.45) is 2.59. The summed E-state index contributed by atoms with van der Waals surface area (Å²) in [5.41, 5.74) is 1.25. The highest BCUT2D eigenvalue weighted by atomic mass is 127. The van der Waals surface area contributed by atoms with Crippen LogP contribution in [0.1, 0.15) is 31.4 Å². The molecule has 1 fully saturated rings. The van der Waals surface area contributed by atoms with Crippen LogP contribution in [-0.4, -0.2) is 6.54 Å². The van der Waals surface area contributed by atoms with Gasteiger partial charge in [-0.05, 0) is 65.6 Å². The van der Waals surface area contributed by atoms with Crippen LogP contribution in [0.3, 0.4) is 0 Å². The lowest BCUT2D eigenvalue weighted by molar-refractivity contribution is 0.493. The van der Waals surface area contributed by atoms with E-state index in [1.165, 1.54) is 18.4 Å². The van der Waals surface area contributed by atoms with Crippen molar-refractivity contribution in [3.8, 4) is 0 Å². The van der Waals surface area contributed by atoms with Gasteiger partial charge in [0, 0.05) is 9.61 Å². The van der Waals surface area contributed by atoms with Crippen molar-refractivity contribution < 1.29 is 4.39 Å². The molecule has 1 aliphatic carbocycles. The predicted molar refractivity (Wildman–Crippen MR) is 68.3 cm³/mol. The van der Waals surface area contributed by atoms with Crippen LogP contribution in [0.25, 0.3) is 0 Å². The molecule has 0 bridgehead atoms. The first kappa shape index (κ1) is 11.3. The van der Waals surface area contributed by atoms with Crippen LogP contribution in [0.5, 0.6) is 0 Å². The van der Waals surface area contributed by atoms with Gasteiger partial charge in [0.2, 0.25) is 0 Å². The van der Waals surface area contributed by atoms with E-state index in [2.05, 4.69) is 34.8 Å². The Morgan fingerprint density at radius 2 is 2.27 bits per heavy atom. The largest absolute Gasteiger partial charge is 0.310 e. The van der Waals surface area contributed by atoms with Crippen LogP contribution in [0.15, 0.2) is 18.2 Å². The van der Waals surface area contributed by atoms with Crippen LogP contribution in [0.2, 0.25) is 0 Å². The molecule has 0 aromatic heterocycles. The van der Waals surface area contributed by atoms with Crippen LogP contribution >= 0.6 is 22.6 Å². The molecule has 0 aliphatic heterocycles. The van der Waals surface area contributed by atoms with Crippen molar-refractivity contribution in [1.29, 1.82) is 0 Å². The summed E-state index contributed by atoms with van der Waals surface area (Å²) in [7, 11) is 0. The van der Waals surface area contributed by atoms with Gasteiger partial charge in [-0.2, -0.15) is 0 Å². The Kier molecular flexibility index (Phi) is 3.61. The van der Waals surface area contributed by atoms with Crippen molar-refractivity contribution in [3.63, 3.8) is 0 Å². The second-order valence-electron chi connectivity index (χ2n) is 4.04. The lowest BCUT2D eigenvalue weighted by Crippen LogP contribution is -2.23. The van der Waals surface area contributed by atoms with Gasteiger partial charge in [-0.3, -0.25) is 0 Å². The van der Waals surface area contributed by atoms with E-state index in [1.54, 1.807) is 12.1 Å². The number of halogens is 2. The van der Waals surface area contributed by atoms with Gasteiger partial charge in [0.1, 0.15) is 5.82 Å². The third-order valence-corrected chi connectivity index (χ3v) is 3.75. The molecular weight excluding hydrogens is 304 g/mol. The number of hydrogen-bond donors (Lipinski definition) is 1. The van der Waals surface area contributed by atoms with Gasteiger partial charge >= 0.3 is 0 Å². The molecule has 1 aliphatic rings. The SMILES string of the molecule is CCNC(c1ccc(F)cc1I)C1CC1. The van der Waals surface area contributed by atoms with E-state index < -0.39 is 0 Å². The highest BCUT2D eigenvalue weighted by molar-refractivity contribution is 14.1. The zero-order valence-corrected chi connectivity index (χ0v) is 10.9. The monoisotopic (exact) mass is 319 g/mol. The molecular formula is C12H15FIN. The number of hydrogen-bond acceptors (Lipinski definition) is 1. The molecule has 15 heavy (non-hydrogen) atoms. The zero-order valence-electron chi connectivity index (χ0n) is 8.76. The molecule has 82 valence electrons. The summed E-state index contributed by atoms with van der Waals surface area (Å²) in [5, 5.41) is 3.49. The van der Waals surface area contributed by atoms with Gasteiger partial charge in [0.05, 0.1) is 0 Å². The van der Waals surface area contributed by atoms with Gasteiger partial charge in [-0.15, -0.1) is 0 Å². The predicted octanol–water partition coefficient (Wildman–Crippen LogP) is 3.49. The molecule has 0 heterocycles. The number of benzene rings is 1. The molecule has 0 saturated heterocycles. The minimum atomic E-state index is -0.144. The second-order valence-corrected chi connectivity index (χ2v) is 5.20. The second kappa shape index (κ2) is 4.78. The van der Waals surface area contributed by atoms with Crippen molar-refractivity contribution in [2.45, 2.75) is 25.8 Å². The molecule has 0 amide bonds. The fraction of sp³-hybridized carbons (Fsp3) is 0.500. The molecule has 1 nitrogen and oxygen atoms in total. The van der Waals surface area contributed by atoms with Crippen molar-refractivity contribution in [2.24, 2.45) is 5.92 Å². The number of rotatable bonds is 4. The Hall–Kier alpha value is -0.160. The van der Waals surface area contributed by atoms with Crippen LogP contribution in [0.4, 0.5) is 4.39 Å². The summed E-state index contributed by atoms with van der Waals surface area (Å²) in [5.74, 6) is 0.609. The summed E-state index contributed by atoms with van der Waals surface area (Å²) in [4.78, 5) is 0. The van der Waals surface area contributed by atoms with Crippen molar-refractivity contribution in [1.82, 2.24) is 5.32 Å². The maximum absolute atomic E-state index is 13.0. The molecule has 1 saturated carbocycles. The minimum Gasteiger partial charge on any atom is -0.310 e. The fourth-order valence-corrected chi connectivity index (χ4v) is 2.75. The Morgan fingerprint density at radius 3 is 2.80 bits per heavy atom. The van der Waals surface area contributed by atoms with E-state index in [0.29, 0.717) is 6.04 Å². The molecule has 1 N–H and O–H groups in total. The molecule has 2 rings (SSSR count). The van der Waals surface area contributed by atoms with Gasteiger partial charge in [0.15, 0.2) is 0 Å². The van der Waals surface area contributed by atoms with E-state index >= 15 is 0 Å². The zero-order chi connectivity index (χ0) is 10.8.